The fourth-order valence-electron chi connectivity index (χ4n) is 0.989. The molecule has 0 unspecified atom stereocenters. The summed E-state index contributed by atoms with van der Waals surface area (Å²) in [5.41, 5.74) is 6.96. The fraction of sp³-hybridized carbons (Fsp3) is 0.375. The molecule has 5 heteroatoms. The Labute approximate surface area is 77.7 Å². The number of nitrogens with two attached hydrogens (primary N) is 1. The van der Waals surface area contributed by atoms with E-state index >= 15 is 0 Å². The van der Waals surface area contributed by atoms with Crippen LogP contribution in [0.4, 0.5) is 0 Å². The molecule has 0 radical (unpaired) electrons. The van der Waals surface area contributed by atoms with Gasteiger partial charge in [0.25, 0.3) is 0 Å². The van der Waals surface area contributed by atoms with E-state index in [4.69, 9.17) is 5.73 Å². The molecule has 1 heterocycles. The van der Waals surface area contributed by atoms with Gasteiger partial charge in [-0.25, -0.2) is 13.4 Å². The number of pyridine rings is 1. The van der Waals surface area contributed by atoms with Gasteiger partial charge in [-0.2, -0.15) is 0 Å². The van der Waals surface area contributed by atoms with E-state index in [0.717, 1.165) is 11.8 Å². The third-order valence-corrected chi connectivity index (χ3v) is 2.76. The van der Waals surface area contributed by atoms with Gasteiger partial charge in [0.2, 0.25) is 0 Å². The van der Waals surface area contributed by atoms with Crippen molar-refractivity contribution in [2.45, 2.75) is 18.5 Å². The number of aromatic nitrogens is 1. The molecule has 0 amide bonds. The lowest BCUT2D eigenvalue weighted by atomic mass is 10.2. The molecule has 4 nitrogen and oxygen atoms in total. The van der Waals surface area contributed by atoms with Crippen LogP contribution in [0, 0.1) is 6.92 Å². The number of sulfone groups is 1. The molecule has 1 aromatic heterocycles. The Hall–Kier alpha value is -0.940. The zero-order valence-electron chi connectivity index (χ0n) is 7.61. The van der Waals surface area contributed by atoms with Crippen LogP contribution >= 0.6 is 0 Å². The second-order valence-corrected chi connectivity index (χ2v) is 4.83. The molecule has 0 saturated heterocycles. The minimum atomic E-state index is -3.20. The van der Waals surface area contributed by atoms with Crippen molar-refractivity contribution in [1.82, 2.24) is 4.98 Å². The van der Waals surface area contributed by atoms with Crippen molar-refractivity contribution < 1.29 is 8.42 Å². The first-order chi connectivity index (χ1) is 5.95. The number of rotatable bonds is 2. The van der Waals surface area contributed by atoms with Gasteiger partial charge in [-0.1, -0.05) is 6.07 Å². The normalized spacial score (nSPS) is 11.6. The Morgan fingerprint density at radius 3 is 2.46 bits per heavy atom. The molecule has 0 aromatic carbocycles. The average molecular weight is 200 g/mol. The van der Waals surface area contributed by atoms with E-state index in [1.54, 1.807) is 13.0 Å². The van der Waals surface area contributed by atoms with Crippen molar-refractivity contribution in [3.63, 3.8) is 0 Å². The van der Waals surface area contributed by atoms with Crippen molar-refractivity contribution in [3.05, 3.63) is 23.4 Å². The van der Waals surface area contributed by atoms with Crippen LogP contribution in [0.25, 0.3) is 0 Å². The summed E-state index contributed by atoms with van der Waals surface area (Å²) < 4.78 is 22.2. The number of hydrogen-bond donors (Lipinski definition) is 1. The van der Waals surface area contributed by atoms with Gasteiger partial charge in [0.05, 0.1) is 0 Å². The van der Waals surface area contributed by atoms with Crippen LogP contribution in [0.2, 0.25) is 0 Å². The number of aryl methyl sites for hydroxylation is 1. The summed E-state index contributed by atoms with van der Waals surface area (Å²) >= 11 is 0. The van der Waals surface area contributed by atoms with E-state index in [-0.39, 0.29) is 5.03 Å². The Balaban J connectivity index is 3.26. The Morgan fingerprint density at radius 1 is 1.46 bits per heavy atom. The van der Waals surface area contributed by atoms with E-state index in [1.807, 2.05) is 0 Å². The minimum Gasteiger partial charge on any atom is -0.326 e. The van der Waals surface area contributed by atoms with Crippen LogP contribution in [0.15, 0.2) is 17.2 Å². The maximum absolute atomic E-state index is 11.1. The van der Waals surface area contributed by atoms with Gasteiger partial charge >= 0.3 is 0 Å². The van der Waals surface area contributed by atoms with Gasteiger partial charge < -0.3 is 5.73 Å². The highest BCUT2D eigenvalue weighted by Crippen LogP contribution is 2.10. The number of nitrogens with zero attached hydrogens (tertiary/aromatic N) is 1. The van der Waals surface area contributed by atoms with E-state index in [0.29, 0.717) is 12.2 Å². The smallest absolute Gasteiger partial charge is 0.192 e. The van der Waals surface area contributed by atoms with Crippen molar-refractivity contribution in [2.24, 2.45) is 5.73 Å². The van der Waals surface area contributed by atoms with Gasteiger partial charge in [0.1, 0.15) is 0 Å². The minimum absolute atomic E-state index is 0.0993. The molecule has 0 atom stereocenters. The summed E-state index contributed by atoms with van der Waals surface area (Å²) in [7, 11) is -3.20. The summed E-state index contributed by atoms with van der Waals surface area (Å²) in [6.45, 7) is 2.12. The lowest BCUT2D eigenvalue weighted by Crippen LogP contribution is -2.06. The molecule has 0 aliphatic rings. The second kappa shape index (κ2) is 3.43. The molecule has 0 saturated carbocycles. The molecule has 0 fully saturated rings. The van der Waals surface area contributed by atoms with Crippen LogP contribution in [0.3, 0.4) is 0 Å². The van der Waals surface area contributed by atoms with E-state index in [9.17, 15) is 8.42 Å². The highest BCUT2D eigenvalue weighted by Gasteiger charge is 2.09. The SMILES string of the molecule is Cc1nc(S(C)(=O)=O)ccc1CN. The molecular formula is C8H12N2O2S. The first-order valence-corrected chi connectivity index (χ1v) is 5.71. The van der Waals surface area contributed by atoms with Gasteiger partial charge in [-0.15, -0.1) is 0 Å². The van der Waals surface area contributed by atoms with Crippen LogP contribution in [0.1, 0.15) is 11.3 Å². The van der Waals surface area contributed by atoms with Crippen LogP contribution < -0.4 is 5.73 Å². The topological polar surface area (TPSA) is 73.0 Å². The second-order valence-electron chi connectivity index (χ2n) is 2.87. The van der Waals surface area contributed by atoms with Gasteiger partial charge in [-0.3, -0.25) is 0 Å². The number of hydrogen-bond acceptors (Lipinski definition) is 4. The van der Waals surface area contributed by atoms with E-state index < -0.39 is 9.84 Å². The third-order valence-electron chi connectivity index (χ3n) is 1.77. The van der Waals surface area contributed by atoms with Gasteiger partial charge in [0, 0.05) is 18.5 Å². The molecule has 0 spiro atoms. The first kappa shape index (κ1) is 10.1. The summed E-state index contributed by atoms with van der Waals surface area (Å²) in [6, 6.07) is 3.17. The van der Waals surface area contributed by atoms with Crippen molar-refractivity contribution >= 4 is 9.84 Å². The van der Waals surface area contributed by atoms with Gasteiger partial charge in [-0.05, 0) is 18.6 Å². The predicted molar refractivity (Wildman–Crippen MR) is 50.0 cm³/mol. The van der Waals surface area contributed by atoms with Crippen molar-refractivity contribution in [2.75, 3.05) is 6.26 Å². The van der Waals surface area contributed by atoms with E-state index in [2.05, 4.69) is 4.98 Å². The maximum Gasteiger partial charge on any atom is 0.192 e. The largest absolute Gasteiger partial charge is 0.326 e. The fourth-order valence-corrected chi connectivity index (χ4v) is 1.61. The standard InChI is InChI=1S/C8H12N2O2S/c1-6-7(5-9)3-4-8(10-6)13(2,11)12/h3-4H,5,9H2,1-2H3. The van der Waals surface area contributed by atoms with E-state index in [1.165, 1.54) is 6.07 Å². The molecule has 0 bridgehead atoms. The highest BCUT2D eigenvalue weighted by atomic mass is 32.2. The lowest BCUT2D eigenvalue weighted by Gasteiger charge is -2.03. The van der Waals surface area contributed by atoms with Crippen molar-refractivity contribution in [3.8, 4) is 0 Å². The lowest BCUT2D eigenvalue weighted by molar-refractivity contribution is 0.597. The summed E-state index contributed by atoms with van der Waals surface area (Å²) in [5.74, 6) is 0. The predicted octanol–water partition coefficient (Wildman–Crippen LogP) is 0.252. The summed E-state index contributed by atoms with van der Waals surface area (Å²) in [4.78, 5) is 3.95. The third kappa shape index (κ3) is 2.26. The highest BCUT2D eigenvalue weighted by molar-refractivity contribution is 7.90. The average Bonchev–Trinajstić information content (AvgIpc) is 2.02. The Kier molecular flexibility index (Phi) is 2.68. The molecule has 0 aliphatic heterocycles. The maximum atomic E-state index is 11.1. The van der Waals surface area contributed by atoms with Crippen LogP contribution in [0.5, 0.6) is 0 Å². The Bertz CT molecular complexity index is 412. The van der Waals surface area contributed by atoms with Crippen LogP contribution in [-0.4, -0.2) is 19.7 Å². The molecule has 2 N–H and O–H groups in total. The zero-order chi connectivity index (χ0) is 10.1. The molecule has 1 rings (SSSR count). The summed E-state index contributed by atoms with van der Waals surface area (Å²) in [6.07, 6.45) is 1.14. The quantitative estimate of drug-likeness (QED) is 0.742. The molecule has 72 valence electrons. The molecule has 0 aliphatic carbocycles. The first-order valence-electron chi connectivity index (χ1n) is 3.82. The Morgan fingerprint density at radius 2 is 2.08 bits per heavy atom. The van der Waals surface area contributed by atoms with Crippen molar-refractivity contribution in [1.29, 1.82) is 0 Å². The molecule has 13 heavy (non-hydrogen) atoms. The molecule has 1 aromatic rings. The molecular weight excluding hydrogens is 188 g/mol. The monoisotopic (exact) mass is 200 g/mol. The summed E-state index contributed by atoms with van der Waals surface area (Å²) in [5, 5.41) is 0.0993. The van der Waals surface area contributed by atoms with Gasteiger partial charge in [0.15, 0.2) is 14.9 Å². The van der Waals surface area contributed by atoms with Crippen LogP contribution in [-0.2, 0) is 16.4 Å². The zero-order valence-corrected chi connectivity index (χ0v) is 8.43.